The van der Waals surface area contributed by atoms with Gasteiger partial charge in [0, 0.05) is 0 Å². The van der Waals surface area contributed by atoms with Gasteiger partial charge in [-0.2, -0.15) is 0 Å². The Balaban J connectivity index is 2.24. The van der Waals surface area contributed by atoms with Crippen LogP contribution in [0.5, 0.6) is 5.75 Å². The van der Waals surface area contributed by atoms with Crippen LogP contribution in [0.15, 0.2) is 23.1 Å². The van der Waals surface area contributed by atoms with Gasteiger partial charge >= 0.3 is 5.97 Å². The molecule has 1 saturated carbocycles. The highest BCUT2D eigenvalue weighted by Gasteiger charge is 2.20. The van der Waals surface area contributed by atoms with Gasteiger partial charge in [-0.3, -0.25) is 0 Å². The molecule has 0 radical (unpaired) electrons. The maximum Gasteiger partial charge on any atom is 0.335 e. The van der Waals surface area contributed by atoms with Crippen LogP contribution in [0, 0.1) is 5.92 Å². The lowest BCUT2D eigenvalue weighted by Gasteiger charge is -2.14. The second-order valence-electron chi connectivity index (χ2n) is 4.97. The maximum atomic E-state index is 11.5. The fourth-order valence-electron chi connectivity index (χ4n) is 2.37. The molecule has 6 nitrogen and oxygen atoms in total. The summed E-state index contributed by atoms with van der Waals surface area (Å²) in [5.41, 5.74) is -0.137. The normalized spacial score (nSPS) is 16.2. The van der Waals surface area contributed by atoms with E-state index in [0.717, 1.165) is 31.7 Å². The molecule has 0 heterocycles. The summed E-state index contributed by atoms with van der Waals surface area (Å²) in [6, 6.07) is 3.68. The molecule has 7 heteroatoms. The predicted octanol–water partition coefficient (Wildman–Crippen LogP) is 1.60. The number of carboxylic acids is 1. The third-order valence-electron chi connectivity index (χ3n) is 3.45. The van der Waals surface area contributed by atoms with Gasteiger partial charge in [-0.15, -0.1) is 0 Å². The number of rotatable bonds is 5. The first-order valence-electron chi connectivity index (χ1n) is 6.41. The molecule has 1 aromatic carbocycles. The monoisotopic (exact) mass is 299 g/mol. The minimum absolute atomic E-state index is 0.115. The molecule has 0 atom stereocenters. The molecule has 1 aromatic rings. The van der Waals surface area contributed by atoms with Crippen LogP contribution in [-0.2, 0) is 10.0 Å². The fraction of sp³-hybridized carbons (Fsp3) is 0.462. The number of primary sulfonamides is 1. The Morgan fingerprint density at radius 3 is 2.55 bits per heavy atom. The van der Waals surface area contributed by atoms with Gasteiger partial charge in [0.1, 0.15) is 10.6 Å². The van der Waals surface area contributed by atoms with Crippen LogP contribution in [-0.4, -0.2) is 26.1 Å². The third kappa shape index (κ3) is 3.49. The van der Waals surface area contributed by atoms with E-state index in [1.807, 2.05) is 0 Å². The predicted molar refractivity (Wildman–Crippen MR) is 72.2 cm³/mol. The smallest absolute Gasteiger partial charge is 0.335 e. The molecular formula is C13H17NO5S. The van der Waals surface area contributed by atoms with Crippen molar-refractivity contribution in [2.75, 3.05) is 6.61 Å². The molecule has 0 amide bonds. The molecule has 3 N–H and O–H groups in total. The summed E-state index contributed by atoms with van der Waals surface area (Å²) in [5, 5.41) is 14.0. The molecule has 1 aliphatic rings. The lowest BCUT2D eigenvalue weighted by molar-refractivity contribution is 0.0696. The second kappa shape index (κ2) is 5.80. The SMILES string of the molecule is NS(=O)(=O)c1cc(C(=O)O)ccc1OCC1CCCC1. The van der Waals surface area contributed by atoms with E-state index in [1.165, 1.54) is 12.1 Å². The highest BCUT2D eigenvalue weighted by atomic mass is 32.2. The van der Waals surface area contributed by atoms with E-state index in [4.69, 9.17) is 15.0 Å². The highest BCUT2D eigenvalue weighted by molar-refractivity contribution is 7.89. The number of sulfonamides is 1. The van der Waals surface area contributed by atoms with Crippen molar-refractivity contribution in [1.82, 2.24) is 0 Å². The Kier molecular flexibility index (Phi) is 4.29. The molecule has 1 aliphatic carbocycles. The van der Waals surface area contributed by atoms with Gasteiger partial charge < -0.3 is 9.84 Å². The van der Waals surface area contributed by atoms with Crippen molar-refractivity contribution < 1.29 is 23.1 Å². The van der Waals surface area contributed by atoms with Gasteiger partial charge in [0.05, 0.1) is 12.2 Å². The van der Waals surface area contributed by atoms with Gasteiger partial charge in [-0.25, -0.2) is 18.4 Å². The third-order valence-corrected chi connectivity index (χ3v) is 4.38. The van der Waals surface area contributed by atoms with Crippen LogP contribution < -0.4 is 9.88 Å². The Hall–Kier alpha value is -1.60. The van der Waals surface area contributed by atoms with E-state index in [-0.39, 0.29) is 16.2 Å². The standard InChI is InChI=1S/C13H17NO5S/c14-20(17,18)12-7-10(13(15)16)5-6-11(12)19-8-9-3-1-2-4-9/h5-7,9H,1-4,8H2,(H,15,16)(H2,14,17,18). The summed E-state index contributed by atoms with van der Waals surface area (Å²) in [6.45, 7) is 0.426. The number of nitrogens with two attached hydrogens (primary N) is 1. The van der Waals surface area contributed by atoms with Gasteiger partial charge in [0.25, 0.3) is 0 Å². The van der Waals surface area contributed by atoms with Crippen LogP contribution in [0.3, 0.4) is 0 Å². The minimum Gasteiger partial charge on any atom is -0.492 e. The molecule has 2 rings (SSSR count). The van der Waals surface area contributed by atoms with Crippen molar-refractivity contribution in [3.63, 3.8) is 0 Å². The summed E-state index contributed by atoms with van der Waals surface area (Å²) in [4.78, 5) is 10.6. The van der Waals surface area contributed by atoms with E-state index in [2.05, 4.69) is 0 Å². The van der Waals surface area contributed by atoms with Gasteiger partial charge in [0.2, 0.25) is 10.0 Å². The quantitative estimate of drug-likeness (QED) is 0.858. The van der Waals surface area contributed by atoms with E-state index in [1.54, 1.807) is 0 Å². The first-order chi connectivity index (χ1) is 9.38. The number of carboxylic acid groups (broad SMARTS) is 1. The van der Waals surface area contributed by atoms with Crippen molar-refractivity contribution in [1.29, 1.82) is 0 Å². The van der Waals surface area contributed by atoms with Crippen molar-refractivity contribution in [3.8, 4) is 5.75 Å². The molecule has 20 heavy (non-hydrogen) atoms. The topological polar surface area (TPSA) is 107 Å². The number of carbonyl (C=O) groups is 1. The number of hydrogen-bond donors (Lipinski definition) is 2. The minimum atomic E-state index is -4.02. The number of hydrogen-bond acceptors (Lipinski definition) is 4. The van der Waals surface area contributed by atoms with Gasteiger partial charge in [-0.1, -0.05) is 12.8 Å². The van der Waals surface area contributed by atoms with Crippen molar-refractivity contribution >= 4 is 16.0 Å². The first-order valence-corrected chi connectivity index (χ1v) is 7.95. The van der Waals surface area contributed by atoms with Crippen molar-refractivity contribution in [2.24, 2.45) is 11.1 Å². The Labute approximate surface area is 117 Å². The number of ether oxygens (including phenoxy) is 1. The zero-order valence-electron chi connectivity index (χ0n) is 10.9. The molecule has 1 fully saturated rings. The van der Waals surface area contributed by atoms with E-state index < -0.39 is 16.0 Å². The first kappa shape index (κ1) is 14.8. The number of benzene rings is 1. The van der Waals surface area contributed by atoms with Gasteiger partial charge in [-0.05, 0) is 37.0 Å². The Morgan fingerprint density at radius 2 is 2.00 bits per heavy atom. The van der Waals surface area contributed by atoms with Crippen LogP contribution in [0.4, 0.5) is 0 Å². The van der Waals surface area contributed by atoms with Crippen LogP contribution in [0.1, 0.15) is 36.0 Å². The highest BCUT2D eigenvalue weighted by Crippen LogP contribution is 2.28. The summed E-state index contributed by atoms with van der Waals surface area (Å²) < 4.78 is 28.6. The lowest BCUT2D eigenvalue weighted by atomic mass is 10.1. The molecule has 0 unspecified atom stereocenters. The molecular weight excluding hydrogens is 282 g/mol. The maximum absolute atomic E-state index is 11.5. The van der Waals surface area contributed by atoms with E-state index in [0.29, 0.717) is 12.5 Å². The Morgan fingerprint density at radius 1 is 1.35 bits per heavy atom. The van der Waals surface area contributed by atoms with E-state index in [9.17, 15) is 13.2 Å². The molecule has 0 aliphatic heterocycles. The lowest BCUT2D eigenvalue weighted by Crippen LogP contribution is -2.16. The molecule has 0 aromatic heterocycles. The number of aromatic carboxylic acids is 1. The largest absolute Gasteiger partial charge is 0.492 e. The van der Waals surface area contributed by atoms with Crippen LogP contribution >= 0.6 is 0 Å². The average Bonchev–Trinajstić information content (AvgIpc) is 2.88. The van der Waals surface area contributed by atoms with Crippen LogP contribution in [0.25, 0.3) is 0 Å². The molecule has 110 valence electrons. The van der Waals surface area contributed by atoms with E-state index >= 15 is 0 Å². The average molecular weight is 299 g/mol. The summed E-state index contributed by atoms with van der Waals surface area (Å²) in [5.74, 6) is -0.677. The summed E-state index contributed by atoms with van der Waals surface area (Å²) in [6.07, 6.45) is 4.46. The summed E-state index contributed by atoms with van der Waals surface area (Å²) in [7, 11) is -4.02. The zero-order valence-corrected chi connectivity index (χ0v) is 11.7. The molecule has 0 saturated heterocycles. The Bertz CT molecular complexity index is 605. The van der Waals surface area contributed by atoms with Crippen LogP contribution in [0.2, 0.25) is 0 Å². The summed E-state index contributed by atoms with van der Waals surface area (Å²) >= 11 is 0. The van der Waals surface area contributed by atoms with Crippen molar-refractivity contribution in [3.05, 3.63) is 23.8 Å². The fourth-order valence-corrected chi connectivity index (χ4v) is 3.07. The van der Waals surface area contributed by atoms with Gasteiger partial charge in [0.15, 0.2) is 0 Å². The molecule has 0 bridgehead atoms. The molecule has 0 spiro atoms. The van der Waals surface area contributed by atoms with Crippen molar-refractivity contribution in [2.45, 2.75) is 30.6 Å². The second-order valence-corrected chi connectivity index (χ2v) is 6.50. The zero-order chi connectivity index (χ0) is 14.8.